The van der Waals surface area contributed by atoms with Crippen molar-refractivity contribution in [2.75, 3.05) is 18.7 Å². The second kappa shape index (κ2) is 6.31. The highest BCUT2D eigenvalue weighted by Gasteiger charge is 2.24. The molecule has 1 aromatic carbocycles. The van der Waals surface area contributed by atoms with Crippen molar-refractivity contribution in [2.24, 2.45) is 0 Å². The van der Waals surface area contributed by atoms with E-state index >= 15 is 0 Å². The molecule has 1 saturated carbocycles. The van der Waals surface area contributed by atoms with Crippen LogP contribution < -0.4 is 5.32 Å². The number of nitrogens with one attached hydrogen (secondary N) is 1. The number of thioether (sulfide) groups is 1. The van der Waals surface area contributed by atoms with Crippen molar-refractivity contribution in [3.05, 3.63) is 24.3 Å². The Morgan fingerprint density at radius 2 is 1.88 bits per heavy atom. The maximum absolute atomic E-state index is 5.55. The number of ether oxygens (including phenoxy) is 1. The van der Waals surface area contributed by atoms with E-state index in [1.54, 1.807) is 11.8 Å². The first-order chi connectivity index (χ1) is 8.33. The lowest BCUT2D eigenvalue weighted by molar-refractivity contribution is 0.0606. The van der Waals surface area contributed by atoms with E-state index in [9.17, 15) is 0 Å². The molecule has 2 rings (SSSR count). The molecule has 0 heterocycles. The van der Waals surface area contributed by atoms with Gasteiger partial charge in [-0.25, -0.2) is 0 Å². The van der Waals surface area contributed by atoms with E-state index < -0.39 is 0 Å². The molecule has 2 atom stereocenters. The lowest BCUT2D eigenvalue weighted by atomic mass is 9.92. The molecule has 0 amide bonds. The Morgan fingerprint density at radius 1 is 1.18 bits per heavy atom. The fourth-order valence-electron chi connectivity index (χ4n) is 2.45. The van der Waals surface area contributed by atoms with Gasteiger partial charge in [-0.05, 0) is 43.4 Å². The van der Waals surface area contributed by atoms with Gasteiger partial charge in [-0.3, -0.25) is 0 Å². The van der Waals surface area contributed by atoms with Gasteiger partial charge in [0, 0.05) is 17.7 Å². The number of hydrogen-bond donors (Lipinski definition) is 1. The van der Waals surface area contributed by atoms with Crippen molar-refractivity contribution in [1.82, 2.24) is 0 Å². The summed E-state index contributed by atoms with van der Waals surface area (Å²) >= 11 is 1.78. The average Bonchev–Trinajstić information content (AvgIpc) is 2.40. The Hall–Kier alpha value is -0.670. The highest BCUT2D eigenvalue weighted by atomic mass is 32.2. The normalized spacial score (nSPS) is 24.6. The number of hydrogen-bond acceptors (Lipinski definition) is 3. The summed E-state index contributed by atoms with van der Waals surface area (Å²) in [5.41, 5.74) is 1.21. The predicted molar refractivity (Wildman–Crippen MR) is 74.9 cm³/mol. The van der Waals surface area contributed by atoms with Crippen LogP contribution in [0.15, 0.2) is 29.2 Å². The summed E-state index contributed by atoms with van der Waals surface area (Å²) in [6, 6.07) is 9.11. The number of anilines is 1. The van der Waals surface area contributed by atoms with Crippen LogP contribution in [0.2, 0.25) is 0 Å². The molecular formula is C14H21NOS. The summed E-state index contributed by atoms with van der Waals surface area (Å²) < 4.78 is 5.55. The van der Waals surface area contributed by atoms with E-state index in [0.29, 0.717) is 12.1 Å². The minimum atomic E-state index is 0.365. The first-order valence-electron chi connectivity index (χ1n) is 6.27. The van der Waals surface area contributed by atoms with Gasteiger partial charge in [0.2, 0.25) is 0 Å². The first-order valence-corrected chi connectivity index (χ1v) is 7.49. The Morgan fingerprint density at radius 3 is 2.53 bits per heavy atom. The molecule has 1 aliphatic rings. The molecule has 17 heavy (non-hydrogen) atoms. The van der Waals surface area contributed by atoms with Gasteiger partial charge in [0.1, 0.15) is 0 Å². The summed E-state index contributed by atoms with van der Waals surface area (Å²) in [5.74, 6) is 0. The number of rotatable bonds is 4. The van der Waals surface area contributed by atoms with E-state index in [0.717, 1.165) is 0 Å². The van der Waals surface area contributed by atoms with Gasteiger partial charge in [0.25, 0.3) is 0 Å². The van der Waals surface area contributed by atoms with Gasteiger partial charge in [0.05, 0.1) is 12.1 Å². The third-order valence-electron chi connectivity index (χ3n) is 3.45. The fraction of sp³-hybridized carbons (Fsp3) is 0.571. The van der Waals surface area contributed by atoms with Crippen LogP contribution in [0, 0.1) is 0 Å². The number of benzene rings is 1. The third-order valence-corrected chi connectivity index (χ3v) is 4.19. The van der Waals surface area contributed by atoms with Crippen LogP contribution in [0.4, 0.5) is 5.69 Å². The molecule has 94 valence electrons. The van der Waals surface area contributed by atoms with Crippen LogP contribution in [0.3, 0.4) is 0 Å². The molecule has 2 nitrogen and oxygen atoms in total. The zero-order valence-electron chi connectivity index (χ0n) is 10.6. The molecule has 0 spiro atoms. The predicted octanol–water partition coefficient (Wildman–Crippen LogP) is 3.78. The molecular weight excluding hydrogens is 230 g/mol. The van der Waals surface area contributed by atoms with Crippen molar-refractivity contribution >= 4 is 17.4 Å². The summed E-state index contributed by atoms with van der Waals surface area (Å²) in [5, 5.41) is 3.60. The monoisotopic (exact) mass is 251 g/mol. The Labute approximate surface area is 108 Å². The first kappa shape index (κ1) is 12.8. The van der Waals surface area contributed by atoms with Crippen molar-refractivity contribution in [1.29, 1.82) is 0 Å². The molecule has 0 saturated heterocycles. The molecule has 1 aliphatic carbocycles. The zero-order chi connectivity index (χ0) is 12.1. The van der Waals surface area contributed by atoms with E-state index in [4.69, 9.17) is 4.74 Å². The van der Waals surface area contributed by atoms with Crippen LogP contribution in [-0.2, 0) is 4.74 Å². The molecule has 1 fully saturated rings. The van der Waals surface area contributed by atoms with Gasteiger partial charge >= 0.3 is 0 Å². The minimum absolute atomic E-state index is 0.365. The van der Waals surface area contributed by atoms with Crippen LogP contribution in [0.25, 0.3) is 0 Å². The summed E-state index contributed by atoms with van der Waals surface area (Å²) in [6.45, 7) is 0. The van der Waals surface area contributed by atoms with Gasteiger partial charge in [0.15, 0.2) is 0 Å². The maximum Gasteiger partial charge on any atom is 0.0772 e. The summed E-state index contributed by atoms with van der Waals surface area (Å²) in [7, 11) is 1.82. The lowest BCUT2D eigenvalue weighted by Crippen LogP contribution is -2.37. The fourth-order valence-corrected chi connectivity index (χ4v) is 2.85. The molecule has 1 N–H and O–H groups in total. The van der Waals surface area contributed by atoms with E-state index in [1.807, 2.05) is 7.11 Å². The molecule has 0 bridgehead atoms. The Balaban J connectivity index is 1.98. The second-order valence-electron chi connectivity index (χ2n) is 4.54. The van der Waals surface area contributed by atoms with Crippen molar-refractivity contribution in [3.63, 3.8) is 0 Å². The molecule has 1 aromatic rings. The molecule has 0 aromatic heterocycles. The lowest BCUT2D eigenvalue weighted by Gasteiger charge is -2.31. The summed E-state index contributed by atoms with van der Waals surface area (Å²) in [4.78, 5) is 1.31. The standard InChI is InChI=1S/C14H21NOS/c1-16-14-6-4-3-5-13(14)15-11-7-9-12(17-2)10-8-11/h7-10,13-15H,3-6H2,1-2H3. The smallest absolute Gasteiger partial charge is 0.0772 e. The van der Waals surface area contributed by atoms with Gasteiger partial charge in [-0.15, -0.1) is 11.8 Å². The Kier molecular flexibility index (Phi) is 4.75. The third kappa shape index (κ3) is 3.39. The largest absolute Gasteiger partial charge is 0.380 e. The second-order valence-corrected chi connectivity index (χ2v) is 5.42. The van der Waals surface area contributed by atoms with Crippen molar-refractivity contribution < 1.29 is 4.74 Å². The van der Waals surface area contributed by atoms with E-state index in [1.165, 1.54) is 36.3 Å². The minimum Gasteiger partial charge on any atom is -0.380 e. The average molecular weight is 251 g/mol. The van der Waals surface area contributed by atoms with Crippen LogP contribution in [0.5, 0.6) is 0 Å². The summed E-state index contributed by atoms with van der Waals surface area (Å²) in [6.07, 6.45) is 7.45. The molecule has 3 heteroatoms. The van der Waals surface area contributed by atoms with Crippen LogP contribution in [-0.4, -0.2) is 25.5 Å². The Bertz CT molecular complexity index is 339. The quantitative estimate of drug-likeness (QED) is 0.823. The molecule has 0 radical (unpaired) electrons. The topological polar surface area (TPSA) is 21.3 Å². The van der Waals surface area contributed by atoms with Gasteiger partial charge in [-0.1, -0.05) is 12.8 Å². The maximum atomic E-state index is 5.55. The zero-order valence-corrected chi connectivity index (χ0v) is 11.4. The van der Waals surface area contributed by atoms with Crippen LogP contribution >= 0.6 is 11.8 Å². The highest BCUT2D eigenvalue weighted by Crippen LogP contribution is 2.25. The van der Waals surface area contributed by atoms with E-state index in [-0.39, 0.29) is 0 Å². The number of methoxy groups -OCH3 is 1. The van der Waals surface area contributed by atoms with Crippen LogP contribution in [0.1, 0.15) is 25.7 Å². The van der Waals surface area contributed by atoms with Crippen molar-refractivity contribution in [2.45, 2.75) is 42.7 Å². The van der Waals surface area contributed by atoms with Gasteiger partial charge < -0.3 is 10.1 Å². The molecule has 0 aliphatic heterocycles. The van der Waals surface area contributed by atoms with Gasteiger partial charge in [-0.2, -0.15) is 0 Å². The highest BCUT2D eigenvalue weighted by molar-refractivity contribution is 7.98. The van der Waals surface area contributed by atoms with Crippen molar-refractivity contribution in [3.8, 4) is 0 Å². The SMILES string of the molecule is COC1CCCCC1Nc1ccc(SC)cc1. The van der Waals surface area contributed by atoms with E-state index in [2.05, 4.69) is 35.8 Å². The molecule has 2 unspecified atom stereocenters.